The zero-order valence-electron chi connectivity index (χ0n) is 42.6. The van der Waals surface area contributed by atoms with Crippen LogP contribution in [0.25, 0.3) is 32.7 Å². The fourth-order valence-corrected chi connectivity index (χ4v) is 11.5. The first kappa shape index (κ1) is 47.0. The van der Waals surface area contributed by atoms with Crippen LogP contribution >= 0.6 is 0 Å². The Bertz CT molecular complexity index is 3450. The molecular weight excluding hydrogens is 889 g/mol. The lowest BCUT2D eigenvalue weighted by Crippen LogP contribution is -2.41. The molecular formula is C69H60N2O2. The summed E-state index contributed by atoms with van der Waals surface area (Å²) in [4.78, 5) is 32.2. The van der Waals surface area contributed by atoms with Gasteiger partial charge >= 0.3 is 0 Å². The molecule has 1 aliphatic rings. The van der Waals surface area contributed by atoms with E-state index in [4.69, 9.17) is 0 Å². The van der Waals surface area contributed by atoms with Gasteiger partial charge in [-0.05, 0) is 154 Å². The summed E-state index contributed by atoms with van der Waals surface area (Å²) in [5, 5.41) is 4.73. The van der Waals surface area contributed by atoms with Gasteiger partial charge in [-0.25, -0.2) is 0 Å². The van der Waals surface area contributed by atoms with Gasteiger partial charge in [0.2, 0.25) is 0 Å². The lowest BCUT2D eigenvalue weighted by molar-refractivity contribution is 0.103. The van der Waals surface area contributed by atoms with Crippen molar-refractivity contribution in [3.8, 4) is 11.1 Å². The SMILES string of the molecule is CCC(C)(c1ccc2c(c1)C(C)(C)c1cc([C@](C)(CC)N(c3ccc(C(=O)c4ccccc4)cc3)c3ccc4ccccc4c3)ccc1-2)N(c1ccc(C(=O)c2ccccc2)cc1)c1ccc2ccccc2c1. The van der Waals surface area contributed by atoms with Crippen LogP contribution in [0.5, 0.6) is 0 Å². The van der Waals surface area contributed by atoms with Crippen LogP contribution in [0.4, 0.5) is 22.7 Å². The second kappa shape index (κ2) is 18.7. The molecule has 0 N–H and O–H groups in total. The zero-order chi connectivity index (χ0) is 50.5. The molecule has 1 unspecified atom stereocenters. The van der Waals surface area contributed by atoms with Crippen LogP contribution in [0, 0.1) is 0 Å². The molecule has 0 aliphatic heterocycles. The highest BCUT2D eigenvalue weighted by molar-refractivity contribution is 6.10. The molecule has 0 bridgehead atoms. The minimum atomic E-state index is -0.485. The number of benzene rings is 10. The molecule has 0 amide bonds. The van der Waals surface area contributed by atoms with Gasteiger partial charge in [0.05, 0.1) is 11.1 Å². The van der Waals surface area contributed by atoms with Crippen LogP contribution in [0.3, 0.4) is 0 Å². The van der Waals surface area contributed by atoms with E-state index in [1.54, 1.807) is 0 Å². The minimum Gasteiger partial charge on any atom is -0.331 e. The Morgan fingerprint density at radius 1 is 0.370 bits per heavy atom. The van der Waals surface area contributed by atoms with E-state index < -0.39 is 11.1 Å². The van der Waals surface area contributed by atoms with Crippen molar-refractivity contribution in [2.75, 3.05) is 9.80 Å². The quantitative estimate of drug-likeness (QED) is 0.102. The van der Waals surface area contributed by atoms with Gasteiger partial charge in [-0.1, -0.05) is 185 Å². The molecule has 0 radical (unpaired) electrons. The molecule has 0 heterocycles. The Balaban J connectivity index is 0.986. The van der Waals surface area contributed by atoms with Crippen LogP contribution in [0.2, 0.25) is 0 Å². The number of nitrogens with zero attached hydrogens (tertiary/aromatic N) is 2. The van der Waals surface area contributed by atoms with Gasteiger partial charge in [0.1, 0.15) is 0 Å². The van der Waals surface area contributed by atoms with Gasteiger partial charge < -0.3 is 9.80 Å². The van der Waals surface area contributed by atoms with E-state index in [-0.39, 0.29) is 17.0 Å². The predicted molar refractivity (Wildman–Crippen MR) is 304 cm³/mol. The normalized spacial score (nSPS) is 14.2. The topological polar surface area (TPSA) is 40.6 Å². The van der Waals surface area contributed by atoms with Crippen LogP contribution < -0.4 is 9.80 Å². The Morgan fingerprint density at radius 3 is 1.07 bits per heavy atom. The van der Waals surface area contributed by atoms with Crippen molar-refractivity contribution in [1.82, 2.24) is 0 Å². The number of hydrogen-bond acceptors (Lipinski definition) is 4. The van der Waals surface area contributed by atoms with Gasteiger partial charge in [-0.3, -0.25) is 9.59 Å². The van der Waals surface area contributed by atoms with E-state index in [1.807, 2.05) is 84.9 Å². The molecule has 1 aliphatic carbocycles. The second-order valence-corrected chi connectivity index (χ2v) is 20.6. The Morgan fingerprint density at radius 2 is 0.699 bits per heavy atom. The summed E-state index contributed by atoms with van der Waals surface area (Å²) < 4.78 is 0. The number of carbonyl (C=O) groups is 2. The van der Waals surface area contributed by atoms with Crippen molar-refractivity contribution < 1.29 is 9.59 Å². The van der Waals surface area contributed by atoms with E-state index in [0.717, 1.165) is 35.6 Å². The summed E-state index contributed by atoms with van der Waals surface area (Å²) in [5.74, 6) is 0.0236. The smallest absolute Gasteiger partial charge is 0.193 e. The summed E-state index contributed by atoms with van der Waals surface area (Å²) in [6.45, 7) is 14.0. The van der Waals surface area contributed by atoms with Gasteiger partial charge in [0.15, 0.2) is 11.6 Å². The van der Waals surface area contributed by atoms with Crippen molar-refractivity contribution in [2.24, 2.45) is 0 Å². The largest absolute Gasteiger partial charge is 0.331 e. The maximum atomic E-state index is 13.6. The lowest BCUT2D eigenvalue weighted by Gasteiger charge is -2.44. The van der Waals surface area contributed by atoms with Crippen molar-refractivity contribution in [3.63, 3.8) is 0 Å². The minimum absolute atomic E-state index is 0.0118. The number of ketones is 2. The molecule has 2 atom stereocenters. The van der Waals surface area contributed by atoms with E-state index in [9.17, 15) is 9.59 Å². The number of anilines is 4. The molecule has 4 nitrogen and oxygen atoms in total. The Labute approximate surface area is 430 Å². The highest BCUT2D eigenvalue weighted by Crippen LogP contribution is 2.53. The van der Waals surface area contributed by atoms with Crippen LogP contribution in [0.15, 0.2) is 231 Å². The first-order valence-corrected chi connectivity index (χ1v) is 25.7. The fourth-order valence-electron chi connectivity index (χ4n) is 11.5. The molecule has 0 fully saturated rings. The van der Waals surface area contributed by atoms with Gasteiger partial charge in [0, 0.05) is 50.4 Å². The third-order valence-corrected chi connectivity index (χ3v) is 16.1. The molecule has 0 saturated heterocycles. The van der Waals surface area contributed by atoms with Crippen molar-refractivity contribution in [3.05, 3.63) is 275 Å². The lowest BCUT2D eigenvalue weighted by atomic mass is 9.77. The van der Waals surface area contributed by atoms with Crippen LogP contribution in [0.1, 0.15) is 108 Å². The third kappa shape index (κ3) is 8.21. The van der Waals surface area contributed by atoms with Crippen LogP contribution in [-0.2, 0) is 16.5 Å². The highest BCUT2D eigenvalue weighted by atomic mass is 16.1. The standard InChI is InChI=1S/C69H60N2O2/c1-7-68(5,70(59-39-27-47-19-15-17-25-53(47)43-59)57-35-29-51(30-36-57)65(72)49-21-11-9-12-22-49)55-33-41-61-62-42-34-56(46-64(62)67(3,4)63(61)45-55)69(6,8-2)71(60-40-28-48-20-16-18-26-54(48)44-60)58-37-31-52(32-38-58)66(73)50-23-13-10-14-24-50/h9-46H,7-8H2,1-6H3/t68-,69?/m0/s1. The number of fused-ring (bicyclic) bond motifs is 5. The molecule has 10 aromatic rings. The van der Waals surface area contributed by atoms with E-state index in [1.165, 1.54) is 54.9 Å². The number of hydrogen-bond donors (Lipinski definition) is 0. The summed E-state index contributed by atoms with van der Waals surface area (Å²) in [6.07, 6.45) is 1.64. The second-order valence-electron chi connectivity index (χ2n) is 20.6. The van der Waals surface area contributed by atoms with Gasteiger partial charge in [0.25, 0.3) is 0 Å². The molecule has 73 heavy (non-hydrogen) atoms. The highest BCUT2D eigenvalue weighted by Gasteiger charge is 2.42. The zero-order valence-corrected chi connectivity index (χ0v) is 42.6. The average Bonchev–Trinajstić information content (AvgIpc) is 3.67. The van der Waals surface area contributed by atoms with Gasteiger partial charge in [-0.15, -0.1) is 0 Å². The van der Waals surface area contributed by atoms with Crippen molar-refractivity contribution in [2.45, 2.75) is 70.9 Å². The summed E-state index contributed by atoms with van der Waals surface area (Å²) in [6, 6.07) is 80.2. The van der Waals surface area contributed by atoms with Gasteiger partial charge in [-0.2, -0.15) is 0 Å². The predicted octanol–water partition coefficient (Wildman–Crippen LogP) is 17.7. The van der Waals surface area contributed by atoms with E-state index >= 15 is 0 Å². The first-order chi connectivity index (χ1) is 35.4. The molecule has 0 saturated carbocycles. The number of carbonyl (C=O) groups excluding carboxylic acids is 2. The first-order valence-electron chi connectivity index (χ1n) is 25.7. The third-order valence-electron chi connectivity index (χ3n) is 16.1. The van der Waals surface area contributed by atoms with Crippen LogP contribution in [-0.4, -0.2) is 11.6 Å². The monoisotopic (exact) mass is 948 g/mol. The number of rotatable bonds is 14. The summed E-state index contributed by atoms with van der Waals surface area (Å²) in [7, 11) is 0. The Kier molecular flexibility index (Phi) is 12.0. The molecule has 4 heteroatoms. The van der Waals surface area contributed by atoms with Crippen molar-refractivity contribution in [1.29, 1.82) is 0 Å². The molecule has 10 aromatic carbocycles. The van der Waals surface area contributed by atoms with E-state index in [0.29, 0.717) is 22.3 Å². The van der Waals surface area contributed by atoms with Crippen molar-refractivity contribution >= 4 is 55.9 Å². The summed E-state index contributed by atoms with van der Waals surface area (Å²) >= 11 is 0. The molecule has 358 valence electrons. The Hall–Kier alpha value is -8.34. The summed E-state index contributed by atoms with van der Waals surface area (Å²) in [5.41, 5.74) is 13.2. The average molecular weight is 949 g/mol. The molecule has 0 aromatic heterocycles. The maximum Gasteiger partial charge on any atom is 0.193 e. The molecule has 0 spiro atoms. The fraction of sp³-hybridized carbons (Fsp3) is 0.159. The maximum absolute atomic E-state index is 13.6. The van der Waals surface area contributed by atoms with E-state index in [2.05, 4.69) is 197 Å². The molecule has 11 rings (SSSR count).